The third-order valence-corrected chi connectivity index (χ3v) is 3.63. The van der Waals surface area contributed by atoms with Crippen molar-refractivity contribution in [3.05, 3.63) is 35.4 Å². The fraction of sp³-hybridized carbons (Fsp3) is 0.400. The van der Waals surface area contributed by atoms with E-state index >= 15 is 0 Å². The van der Waals surface area contributed by atoms with Gasteiger partial charge in [0.2, 0.25) is 0 Å². The van der Waals surface area contributed by atoms with E-state index in [0.29, 0.717) is 12.5 Å². The van der Waals surface area contributed by atoms with Gasteiger partial charge in [-0.05, 0) is 24.5 Å². The molecular formula is C15H20N6. The van der Waals surface area contributed by atoms with Gasteiger partial charge in [0.05, 0.1) is 12.1 Å². The molecule has 3 rings (SSSR count). The van der Waals surface area contributed by atoms with Crippen LogP contribution in [0.1, 0.15) is 36.8 Å². The van der Waals surface area contributed by atoms with Gasteiger partial charge in [-0.1, -0.05) is 13.8 Å². The van der Waals surface area contributed by atoms with E-state index in [-0.39, 0.29) is 0 Å². The van der Waals surface area contributed by atoms with Crippen LogP contribution in [0.15, 0.2) is 18.3 Å². The van der Waals surface area contributed by atoms with Gasteiger partial charge >= 0.3 is 0 Å². The number of nitrogens with one attached hydrogen (secondary N) is 2. The standard InChI is InChI=1S/C15H20N6/c1-9(2)11-7-13(20-19-11)21(4)8-12-17-14-10(3)5-6-16-15(14)18-12/h5-7,9H,8H2,1-4H3,(H,19,20)(H,16,17,18). The minimum Gasteiger partial charge on any atom is -0.351 e. The SMILES string of the molecule is Cc1ccnc2nc(CN(C)c3cc(C(C)C)[nH]n3)[nH]c12. The lowest BCUT2D eigenvalue weighted by molar-refractivity contribution is 0.805. The van der Waals surface area contributed by atoms with Crippen LogP contribution in [0, 0.1) is 6.92 Å². The van der Waals surface area contributed by atoms with Crippen LogP contribution in [0.25, 0.3) is 11.2 Å². The number of hydrogen-bond acceptors (Lipinski definition) is 4. The number of aromatic nitrogens is 5. The summed E-state index contributed by atoms with van der Waals surface area (Å²) < 4.78 is 0. The summed E-state index contributed by atoms with van der Waals surface area (Å²) in [6.45, 7) is 7.01. The zero-order chi connectivity index (χ0) is 15.0. The first-order valence-electron chi connectivity index (χ1n) is 7.11. The molecule has 21 heavy (non-hydrogen) atoms. The normalized spacial score (nSPS) is 11.5. The molecule has 3 heterocycles. The van der Waals surface area contributed by atoms with Gasteiger partial charge < -0.3 is 9.88 Å². The van der Waals surface area contributed by atoms with Crippen molar-refractivity contribution in [1.29, 1.82) is 0 Å². The lowest BCUT2D eigenvalue weighted by Crippen LogP contribution is -2.17. The number of anilines is 1. The summed E-state index contributed by atoms with van der Waals surface area (Å²) in [7, 11) is 2.01. The minimum absolute atomic E-state index is 0.442. The highest BCUT2D eigenvalue weighted by atomic mass is 15.3. The molecule has 0 unspecified atom stereocenters. The van der Waals surface area contributed by atoms with Gasteiger partial charge in [0.15, 0.2) is 11.5 Å². The maximum Gasteiger partial charge on any atom is 0.178 e. The first-order valence-corrected chi connectivity index (χ1v) is 7.11. The number of H-pyrrole nitrogens is 2. The van der Waals surface area contributed by atoms with Crippen LogP contribution >= 0.6 is 0 Å². The van der Waals surface area contributed by atoms with E-state index in [2.05, 4.69) is 56.9 Å². The molecule has 6 nitrogen and oxygen atoms in total. The number of aryl methyl sites for hydroxylation is 1. The molecule has 0 bridgehead atoms. The number of imidazole rings is 1. The number of hydrogen-bond donors (Lipinski definition) is 2. The van der Waals surface area contributed by atoms with Crippen molar-refractivity contribution in [2.45, 2.75) is 33.2 Å². The fourth-order valence-electron chi connectivity index (χ4n) is 2.28. The predicted octanol–water partition coefficient (Wildman–Crippen LogP) is 2.75. The van der Waals surface area contributed by atoms with Crippen molar-refractivity contribution in [2.75, 3.05) is 11.9 Å². The van der Waals surface area contributed by atoms with Crippen LogP contribution in [0.2, 0.25) is 0 Å². The summed E-state index contributed by atoms with van der Waals surface area (Å²) in [5.74, 6) is 2.25. The van der Waals surface area contributed by atoms with E-state index in [4.69, 9.17) is 0 Å². The Morgan fingerprint density at radius 2 is 2.14 bits per heavy atom. The number of fused-ring (bicyclic) bond motifs is 1. The van der Waals surface area contributed by atoms with Crippen molar-refractivity contribution in [3.8, 4) is 0 Å². The molecule has 0 spiro atoms. The maximum atomic E-state index is 4.53. The lowest BCUT2D eigenvalue weighted by Gasteiger charge is -2.13. The molecule has 0 radical (unpaired) electrons. The first-order chi connectivity index (χ1) is 10.0. The molecule has 0 aliphatic rings. The zero-order valence-electron chi connectivity index (χ0n) is 12.8. The average Bonchev–Trinajstić information content (AvgIpc) is 3.05. The smallest absolute Gasteiger partial charge is 0.178 e. The molecule has 110 valence electrons. The lowest BCUT2D eigenvalue weighted by atomic mass is 10.1. The van der Waals surface area contributed by atoms with E-state index in [1.54, 1.807) is 6.20 Å². The van der Waals surface area contributed by atoms with E-state index in [1.165, 1.54) is 0 Å². The Kier molecular flexibility index (Phi) is 3.37. The van der Waals surface area contributed by atoms with Crippen molar-refractivity contribution < 1.29 is 0 Å². The molecule has 0 saturated heterocycles. The topological polar surface area (TPSA) is 73.5 Å². The van der Waals surface area contributed by atoms with Gasteiger partial charge in [-0.25, -0.2) is 9.97 Å². The summed E-state index contributed by atoms with van der Waals surface area (Å²) in [5.41, 5.74) is 4.07. The Balaban J connectivity index is 1.82. The van der Waals surface area contributed by atoms with Gasteiger partial charge in [-0.3, -0.25) is 5.10 Å². The van der Waals surface area contributed by atoms with Gasteiger partial charge in [0, 0.05) is 25.0 Å². The fourth-order valence-corrected chi connectivity index (χ4v) is 2.28. The van der Waals surface area contributed by atoms with E-state index < -0.39 is 0 Å². The van der Waals surface area contributed by atoms with E-state index in [9.17, 15) is 0 Å². The Labute approximate surface area is 123 Å². The number of rotatable bonds is 4. The summed E-state index contributed by atoms with van der Waals surface area (Å²) >= 11 is 0. The number of nitrogens with zero attached hydrogens (tertiary/aromatic N) is 4. The van der Waals surface area contributed by atoms with E-state index in [1.807, 2.05) is 13.1 Å². The van der Waals surface area contributed by atoms with Crippen LogP contribution in [0.5, 0.6) is 0 Å². The van der Waals surface area contributed by atoms with Crippen LogP contribution in [-0.4, -0.2) is 32.2 Å². The van der Waals surface area contributed by atoms with Gasteiger partial charge in [0.1, 0.15) is 5.82 Å². The summed E-state index contributed by atoms with van der Waals surface area (Å²) in [4.78, 5) is 14.2. The zero-order valence-corrected chi connectivity index (χ0v) is 12.8. The Morgan fingerprint density at radius 1 is 1.33 bits per heavy atom. The molecule has 0 saturated carbocycles. The predicted molar refractivity (Wildman–Crippen MR) is 83.4 cm³/mol. The van der Waals surface area contributed by atoms with Crippen LogP contribution < -0.4 is 4.90 Å². The second-order valence-electron chi connectivity index (χ2n) is 5.70. The molecule has 0 atom stereocenters. The van der Waals surface area contributed by atoms with Crippen molar-refractivity contribution >= 4 is 17.0 Å². The molecule has 0 amide bonds. The summed E-state index contributed by atoms with van der Waals surface area (Å²) in [5, 5.41) is 7.42. The Hall–Kier alpha value is -2.37. The Morgan fingerprint density at radius 3 is 2.81 bits per heavy atom. The highest BCUT2D eigenvalue weighted by molar-refractivity contribution is 5.74. The van der Waals surface area contributed by atoms with Crippen LogP contribution in [0.3, 0.4) is 0 Å². The quantitative estimate of drug-likeness (QED) is 0.772. The molecule has 3 aromatic rings. The van der Waals surface area contributed by atoms with Crippen molar-refractivity contribution in [1.82, 2.24) is 25.1 Å². The highest BCUT2D eigenvalue weighted by Crippen LogP contribution is 2.19. The Bertz CT molecular complexity index is 754. The van der Waals surface area contributed by atoms with Crippen LogP contribution in [-0.2, 0) is 6.54 Å². The molecule has 0 fully saturated rings. The molecule has 0 aliphatic heterocycles. The van der Waals surface area contributed by atoms with Crippen LogP contribution in [0.4, 0.5) is 5.82 Å². The van der Waals surface area contributed by atoms with Crippen molar-refractivity contribution in [3.63, 3.8) is 0 Å². The summed E-state index contributed by atoms with van der Waals surface area (Å²) in [6, 6.07) is 4.06. The van der Waals surface area contributed by atoms with Gasteiger partial charge in [-0.15, -0.1) is 0 Å². The second-order valence-corrected chi connectivity index (χ2v) is 5.70. The molecule has 6 heteroatoms. The second kappa shape index (κ2) is 5.20. The third kappa shape index (κ3) is 2.61. The maximum absolute atomic E-state index is 4.53. The average molecular weight is 284 g/mol. The monoisotopic (exact) mass is 284 g/mol. The molecule has 0 aliphatic carbocycles. The third-order valence-electron chi connectivity index (χ3n) is 3.63. The number of pyridine rings is 1. The largest absolute Gasteiger partial charge is 0.351 e. The molecule has 3 aromatic heterocycles. The van der Waals surface area contributed by atoms with Gasteiger partial charge in [-0.2, -0.15) is 5.10 Å². The highest BCUT2D eigenvalue weighted by Gasteiger charge is 2.12. The molecule has 0 aromatic carbocycles. The minimum atomic E-state index is 0.442. The first kappa shape index (κ1) is 13.6. The summed E-state index contributed by atoms with van der Waals surface area (Å²) in [6.07, 6.45) is 1.79. The molecular weight excluding hydrogens is 264 g/mol. The van der Waals surface area contributed by atoms with Crippen molar-refractivity contribution in [2.24, 2.45) is 0 Å². The van der Waals surface area contributed by atoms with Gasteiger partial charge in [0.25, 0.3) is 0 Å². The number of aromatic amines is 2. The molecule has 2 N–H and O–H groups in total. The van der Waals surface area contributed by atoms with E-state index in [0.717, 1.165) is 34.1 Å².